The van der Waals surface area contributed by atoms with Crippen LogP contribution in [0, 0.1) is 5.82 Å². The van der Waals surface area contributed by atoms with E-state index in [4.69, 9.17) is 29.6 Å². The van der Waals surface area contributed by atoms with E-state index in [2.05, 4.69) is 0 Å². The predicted octanol–water partition coefficient (Wildman–Crippen LogP) is 2.32. The van der Waals surface area contributed by atoms with E-state index in [1.165, 1.54) is 22.8 Å². The van der Waals surface area contributed by atoms with Gasteiger partial charge in [0.1, 0.15) is 10.8 Å². The molecule has 2 aromatic rings. The minimum Gasteiger partial charge on any atom is -0.389 e. The average molecular weight is 297 g/mol. The molecule has 0 spiro atoms. The van der Waals surface area contributed by atoms with Crippen LogP contribution < -0.4 is 11.3 Å². The van der Waals surface area contributed by atoms with E-state index < -0.39 is 5.82 Å². The number of thiocarbonyl (C=S) groups is 1. The molecule has 0 amide bonds. The Balaban J connectivity index is 2.44. The van der Waals surface area contributed by atoms with Crippen LogP contribution in [0.25, 0.3) is 0 Å². The van der Waals surface area contributed by atoms with Gasteiger partial charge in [-0.25, -0.2) is 4.39 Å². The molecule has 2 rings (SSSR count). The largest absolute Gasteiger partial charge is 0.389 e. The fourth-order valence-corrected chi connectivity index (χ4v) is 2.03. The molecule has 0 unspecified atom stereocenters. The third-order valence-electron chi connectivity index (χ3n) is 2.63. The van der Waals surface area contributed by atoms with Gasteiger partial charge in [-0.3, -0.25) is 4.79 Å². The van der Waals surface area contributed by atoms with Crippen molar-refractivity contribution < 1.29 is 4.39 Å². The Morgan fingerprint density at radius 2 is 2.16 bits per heavy atom. The molecule has 0 aliphatic rings. The van der Waals surface area contributed by atoms with Gasteiger partial charge in [0.15, 0.2) is 0 Å². The Kier molecular flexibility index (Phi) is 3.97. The van der Waals surface area contributed by atoms with E-state index in [0.717, 1.165) is 0 Å². The lowest BCUT2D eigenvalue weighted by molar-refractivity contribution is 0.623. The van der Waals surface area contributed by atoms with Crippen molar-refractivity contribution in [3.63, 3.8) is 0 Å². The molecule has 1 aromatic heterocycles. The number of halogens is 2. The minimum atomic E-state index is -0.405. The first-order valence-electron chi connectivity index (χ1n) is 5.42. The second-order valence-corrected chi connectivity index (χ2v) is 4.80. The summed E-state index contributed by atoms with van der Waals surface area (Å²) in [4.78, 5) is 12.1. The average Bonchev–Trinajstić information content (AvgIpc) is 2.36. The molecule has 2 N–H and O–H groups in total. The summed E-state index contributed by atoms with van der Waals surface area (Å²) in [5, 5.41) is 0.397. The smallest absolute Gasteiger partial charge is 0.261 e. The fourth-order valence-electron chi connectivity index (χ4n) is 1.70. The fraction of sp³-hybridized carbons (Fsp3) is 0.0769. The van der Waals surface area contributed by atoms with Gasteiger partial charge >= 0.3 is 0 Å². The van der Waals surface area contributed by atoms with Gasteiger partial charge < -0.3 is 10.3 Å². The Labute approximate surface area is 119 Å². The first-order valence-corrected chi connectivity index (χ1v) is 6.21. The SMILES string of the molecule is NC(=S)c1cccn(Cc2cc(F)ccc2Cl)c1=O. The Morgan fingerprint density at radius 1 is 1.42 bits per heavy atom. The quantitative estimate of drug-likeness (QED) is 0.884. The minimum absolute atomic E-state index is 0.0321. The maximum atomic E-state index is 13.2. The molecule has 98 valence electrons. The lowest BCUT2D eigenvalue weighted by Crippen LogP contribution is -2.28. The summed E-state index contributed by atoms with van der Waals surface area (Å²) in [6.07, 6.45) is 1.57. The van der Waals surface area contributed by atoms with Crippen molar-refractivity contribution in [3.05, 3.63) is 68.8 Å². The van der Waals surface area contributed by atoms with Crippen molar-refractivity contribution >= 4 is 28.8 Å². The summed E-state index contributed by atoms with van der Waals surface area (Å²) in [5.41, 5.74) is 5.91. The van der Waals surface area contributed by atoms with Gasteiger partial charge in [-0.15, -0.1) is 0 Å². The van der Waals surface area contributed by atoms with E-state index in [9.17, 15) is 9.18 Å². The summed E-state index contributed by atoms with van der Waals surface area (Å²) in [7, 11) is 0. The molecule has 6 heteroatoms. The number of hydrogen-bond donors (Lipinski definition) is 1. The molecule has 0 saturated heterocycles. The normalized spacial score (nSPS) is 10.4. The summed E-state index contributed by atoms with van der Waals surface area (Å²) in [6, 6.07) is 7.22. The molecule has 0 aliphatic heterocycles. The molecule has 1 heterocycles. The molecule has 0 aliphatic carbocycles. The van der Waals surface area contributed by atoms with Crippen LogP contribution >= 0.6 is 23.8 Å². The lowest BCUT2D eigenvalue weighted by atomic mass is 10.2. The second kappa shape index (κ2) is 5.50. The third-order valence-corrected chi connectivity index (χ3v) is 3.22. The topological polar surface area (TPSA) is 48.0 Å². The molecule has 0 fully saturated rings. The Hall–Kier alpha value is -1.72. The van der Waals surface area contributed by atoms with Crippen LogP contribution in [-0.2, 0) is 6.54 Å². The first-order chi connectivity index (χ1) is 8.99. The van der Waals surface area contributed by atoms with Crippen LogP contribution in [0.5, 0.6) is 0 Å². The number of hydrogen-bond acceptors (Lipinski definition) is 2. The summed E-state index contributed by atoms with van der Waals surface area (Å²) >= 11 is 10.8. The monoisotopic (exact) mass is 296 g/mol. The van der Waals surface area contributed by atoms with Gasteiger partial charge in [-0.05, 0) is 35.9 Å². The van der Waals surface area contributed by atoms with Gasteiger partial charge in [-0.2, -0.15) is 0 Å². The Bertz CT molecular complexity index is 699. The van der Waals surface area contributed by atoms with Crippen molar-refractivity contribution in [2.24, 2.45) is 5.73 Å². The van der Waals surface area contributed by atoms with Gasteiger partial charge in [0.2, 0.25) is 0 Å². The van der Waals surface area contributed by atoms with Crippen molar-refractivity contribution in [1.82, 2.24) is 4.57 Å². The lowest BCUT2D eigenvalue weighted by Gasteiger charge is -2.09. The maximum absolute atomic E-state index is 13.2. The summed E-state index contributed by atoms with van der Waals surface area (Å²) in [6.45, 7) is 0.159. The molecule has 1 aromatic carbocycles. The van der Waals surface area contributed by atoms with E-state index in [1.54, 1.807) is 18.3 Å². The molecular weight excluding hydrogens is 287 g/mol. The number of aromatic nitrogens is 1. The van der Waals surface area contributed by atoms with Gasteiger partial charge in [0.25, 0.3) is 5.56 Å². The van der Waals surface area contributed by atoms with E-state index in [0.29, 0.717) is 10.6 Å². The maximum Gasteiger partial charge on any atom is 0.261 e. The summed E-state index contributed by atoms with van der Waals surface area (Å²) < 4.78 is 14.6. The van der Waals surface area contributed by atoms with Crippen LogP contribution in [0.2, 0.25) is 5.02 Å². The highest BCUT2D eigenvalue weighted by Gasteiger charge is 2.08. The van der Waals surface area contributed by atoms with Crippen LogP contribution in [0.1, 0.15) is 11.1 Å². The molecular formula is C13H10ClFN2OS. The van der Waals surface area contributed by atoms with Crippen LogP contribution in [0.15, 0.2) is 41.3 Å². The van der Waals surface area contributed by atoms with Crippen molar-refractivity contribution in [1.29, 1.82) is 0 Å². The predicted molar refractivity (Wildman–Crippen MR) is 77.1 cm³/mol. The number of pyridine rings is 1. The highest BCUT2D eigenvalue weighted by molar-refractivity contribution is 7.80. The van der Waals surface area contributed by atoms with Crippen molar-refractivity contribution in [3.8, 4) is 0 Å². The van der Waals surface area contributed by atoms with Gasteiger partial charge in [0.05, 0.1) is 12.1 Å². The van der Waals surface area contributed by atoms with Gasteiger partial charge in [0, 0.05) is 11.2 Å². The highest BCUT2D eigenvalue weighted by Crippen LogP contribution is 2.17. The third kappa shape index (κ3) is 3.00. The first kappa shape index (κ1) is 13.7. The molecule has 0 saturated carbocycles. The molecule has 3 nitrogen and oxygen atoms in total. The van der Waals surface area contributed by atoms with E-state index >= 15 is 0 Å². The van der Waals surface area contributed by atoms with Crippen molar-refractivity contribution in [2.75, 3.05) is 0 Å². The van der Waals surface area contributed by atoms with Crippen LogP contribution in [0.3, 0.4) is 0 Å². The molecule has 19 heavy (non-hydrogen) atoms. The van der Waals surface area contributed by atoms with Gasteiger partial charge in [-0.1, -0.05) is 23.8 Å². The zero-order chi connectivity index (χ0) is 14.0. The highest BCUT2D eigenvalue weighted by atomic mass is 35.5. The number of benzene rings is 1. The molecule has 0 radical (unpaired) electrons. The number of nitrogens with two attached hydrogens (primary N) is 1. The second-order valence-electron chi connectivity index (χ2n) is 3.95. The van der Waals surface area contributed by atoms with Crippen molar-refractivity contribution in [2.45, 2.75) is 6.54 Å². The number of nitrogens with zero attached hydrogens (tertiary/aromatic N) is 1. The molecule has 0 bridgehead atoms. The van der Waals surface area contributed by atoms with Crippen LogP contribution in [-0.4, -0.2) is 9.56 Å². The Morgan fingerprint density at radius 3 is 2.84 bits per heavy atom. The number of rotatable bonds is 3. The van der Waals surface area contributed by atoms with E-state index in [-0.39, 0.29) is 22.7 Å². The zero-order valence-corrected chi connectivity index (χ0v) is 11.3. The standard InChI is InChI=1S/C13H10ClFN2OS/c14-11-4-3-9(15)6-8(11)7-17-5-1-2-10(12(16)19)13(17)18/h1-6H,7H2,(H2,16,19). The summed E-state index contributed by atoms with van der Waals surface area (Å²) in [5.74, 6) is -0.405. The molecule has 0 atom stereocenters. The van der Waals surface area contributed by atoms with E-state index in [1.807, 2.05) is 0 Å². The zero-order valence-electron chi connectivity index (χ0n) is 9.77. The van der Waals surface area contributed by atoms with Crippen LogP contribution in [0.4, 0.5) is 4.39 Å².